The zero-order valence-corrected chi connectivity index (χ0v) is 23.9. The third-order valence-corrected chi connectivity index (χ3v) is 8.42. The van der Waals surface area contributed by atoms with E-state index in [4.69, 9.17) is 10.5 Å². The summed E-state index contributed by atoms with van der Waals surface area (Å²) in [6, 6.07) is 35.8. The standard InChI is InChI=1S/C43H28N2/c1-2-14-34(15-3-1)45-40-21-11-10-20-39(40)44-43(45)31-25-23-30(24-26-31)41-35-16-6-8-18-37(35)42(38-19-9-7-17-36(38)41)33-27-22-29-12-4-5-13-32(29)28-33/h1-28H/i6D,7D,8D,9D,16D,17D,18D,19D. The molecular formula is C43H28N2. The fraction of sp³-hybridized carbons (Fsp3) is 0. The fourth-order valence-electron chi connectivity index (χ4n) is 6.39. The van der Waals surface area contributed by atoms with Crippen molar-refractivity contribution >= 4 is 43.4 Å². The molecule has 2 heteroatoms. The van der Waals surface area contributed by atoms with Crippen LogP contribution in [-0.4, -0.2) is 9.55 Å². The largest absolute Gasteiger partial charge is 0.292 e. The summed E-state index contributed by atoms with van der Waals surface area (Å²) in [6.45, 7) is 0. The Bertz CT molecular complexity index is 2890. The van der Waals surface area contributed by atoms with Crippen LogP contribution in [-0.2, 0) is 0 Å². The maximum absolute atomic E-state index is 9.27. The van der Waals surface area contributed by atoms with E-state index in [1.165, 1.54) is 0 Å². The Hall–Kier alpha value is -5.99. The van der Waals surface area contributed by atoms with Crippen molar-refractivity contribution in [2.75, 3.05) is 0 Å². The van der Waals surface area contributed by atoms with Gasteiger partial charge in [-0.3, -0.25) is 4.57 Å². The van der Waals surface area contributed by atoms with Gasteiger partial charge in [0, 0.05) is 11.3 Å². The number of hydrogen-bond acceptors (Lipinski definition) is 1. The monoisotopic (exact) mass is 580 g/mol. The molecule has 0 saturated carbocycles. The first-order chi connectivity index (χ1) is 25.7. The smallest absolute Gasteiger partial charge is 0.145 e. The molecule has 9 aromatic rings. The molecule has 210 valence electrons. The zero-order valence-electron chi connectivity index (χ0n) is 31.9. The summed E-state index contributed by atoms with van der Waals surface area (Å²) in [6.07, 6.45) is 0. The minimum atomic E-state index is -0.429. The van der Waals surface area contributed by atoms with Crippen LogP contribution in [0.3, 0.4) is 0 Å². The van der Waals surface area contributed by atoms with Crippen molar-refractivity contribution in [3.63, 3.8) is 0 Å². The highest BCUT2D eigenvalue weighted by Crippen LogP contribution is 2.44. The molecule has 0 amide bonds. The van der Waals surface area contributed by atoms with E-state index in [2.05, 4.69) is 4.57 Å². The highest BCUT2D eigenvalue weighted by atomic mass is 15.1. The van der Waals surface area contributed by atoms with Crippen LogP contribution in [0.2, 0.25) is 0 Å². The first-order valence-electron chi connectivity index (χ1n) is 18.7. The second-order valence-electron chi connectivity index (χ2n) is 11.0. The molecular weight excluding hydrogens is 544 g/mol. The molecule has 1 heterocycles. The van der Waals surface area contributed by atoms with E-state index in [1.54, 1.807) is 0 Å². The molecule has 0 radical (unpaired) electrons. The molecule has 0 spiro atoms. The molecule has 9 rings (SSSR count). The van der Waals surface area contributed by atoms with E-state index >= 15 is 0 Å². The summed E-state index contributed by atoms with van der Waals surface area (Å²) in [5.74, 6) is 0.703. The average Bonchev–Trinajstić information content (AvgIpc) is 3.59. The van der Waals surface area contributed by atoms with Gasteiger partial charge in [0.05, 0.1) is 22.0 Å². The van der Waals surface area contributed by atoms with Gasteiger partial charge in [0.25, 0.3) is 0 Å². The summed E-state index contributed by atoms with van der Waals surface area (Å²) < 4.78 is 74.0. The molecule has 0 aliphatic heterocycles. The van der Waals surface area contributed by atoms with Crippen LogP contribution < -0.4 is 0 Å². The minimum Gasteiger partial charge on any atom is -0.292 e. The Kier molecular flexibility index (Phi) is 4.27. The first kappa shape index (κ1) is 18.6. The molecule has 0 saturated heterocycles. The van der Waals surface area contributed by atoms with Gasteiger partial charge in [0.2, 0.25) is 0 Å². The van der Waals surface area contributed by atoms with Crippen molar-refractivity contribution in [2.45, 2.75) is 0 Å². The molecule has 2 nitrogen and oxygen atoms in total. The lowest BCUT2D eigenvalue weighted by atomic mass is 9.85. The Morgan fingerprint density at radius 2 is 1.00 bits per heavy atom. The van der Waals surface area contributed by atoms with Crippen LogP contribution in [0.25, 0.3) is 82.7 Å². The maximum atomic E-state index is 9.27. The lowest BCUT2D eigenvalue weighted by Gasteiger charge is -2.18. The quantitative estimate of drug-likeness (QED) is 0.189. The highest BCUT2D eigenvalue weighted by molar-refractivity contribution is 6.21. The highest BCUT2D eigenvalue weighted by Gasteiger charge is 2.18. The topological polar surface area (TPSA) is 17.8 Å². The van der Waals surface area contributed by atoms with Crippen LogP contribution in [0.5, 0.6) is 0 Å². The van der Waals surface area contributed by atoms with E-state index in [-0.39, 0.29) is 45.7 Å². The molecule has 0 aliphatic carbocycles. The van der Waals surface area contributed by atoms with Crippen molar-refractivity contribution < 1.29 is 11.0 Å². The summed E-state index contributed by atoms with van der Waals surface area (Å²) in [4.78, 5) is 4.98. The van der Waals surface area contributed by atoms with Gasteiger partial charge in [-0.15, -0.1) is 0 Å². The van der Waals surface area contributed by atoms with Gasteiger partial charge in [0.15, 0.2) is 0 Å². The SMILES string of the molecule is [2H]c1c([2H])c([2H])c2c(-c3ccc4ccccc4c3)c3c([2H])c([2H])c([2H])c([2H])c3c(-c3ccc(-c4nc5ccccc5n4-c4ccccc4)cc3)c2c1[2H]. The van der Waals surface area contributed by atoms with Gasteiger partial charge in [-0.1, -0.05) is 139 Å². The van der Waals surface area contributed by atoms with E-state index < -0.39 is 24.2 Å². The number of rotatable bonds is 4. The third-order valence-electron chi connectivity index (χ3n) is 8.42. The molecule has 0 unspecified atom stereocenters. The van der Waals surface area contributed by atoms with Crippen molar-refractivity contribution in [1.82, 2.24) is 9.55 Å². The molecule has 0 atom stereocenters. The predicted molar refractivity (Wildman–Crippen MR) is 190 cm³/mol. The van der Waals surface area contributed by atoms with Crippen molar-refractivity contribution in [2.24, 2.45) is 0 Å². The van der Waals surface area contributed by atoms with Crippen molar-refractivity contribution in [1.29, 1.82) is 0 Å². The average molecular weight is 581 g/mol. The van der Waals surface area contributed by atoms with Crippen molar-refractivity contribution in [3.05, 3.63) is 170 Å². The van der Waals surface area contributed by atoms with Crippen LogP contribution in [0, 0.1) is 0 Å². The molecule has 0 fully saturated rings. The zero-order chi connectivity index (χ0) is 36.7. The molecule has 45 heavy (non-hydrogen) atoms. The van der Waals surface area contributed by atoms with Crippen molar-refractivity contribution in [3.8, 4) is 39.3 Å². The minimum absolute atomic E-state index is 0.181. The third kappa shape index (κ3) is 4.15. The molecule has 0 aliphatic rings. The first-order valence-corrected chi connectivity index (χ1v) is 14.7. The number of aromatic nitrogens is 2. The molecule has 0 bridgehead atoms. The van der Waals surface area contributed by atoms with Gasteiger partial charge >= 0.3 is 0 Å². The lowest BCUT2D eigenvalue weighted by Crippen LogP contribution is -1.97. The van der Waals surface area contributed by atoms with Gasteiger partial charge < -0.3 is 0 Å². The van der Waals surface area contributed by atoms with E-state index in [9.17, 15) is 5.48 Å². The Morgan fingerprint density at radius 1 is 0.467 bits per heavy atom. The second-order valence-corrected chi connectivity index (χ2v) is 11.0. The summed E-state index contributed by atoms with van der Waals surface area (Å²) in [5, 5.41) is 2.59. The number of imidazole rings is 1. The number of benzene rings is 8. The number of nitrogens with zero attached hydrogens (tertiary/aromatic N) is 2. The summed E-state index contributed by atoms with van der Waals surface area (Å²) >= 11 is 0. The molecule has 1 aromatic heterocycles. The Balaban J connectivity index is 1.39. The van der Waals surface area contributed by atoms with Crippen LogP contribution in [0.1, 0.15) is 11.0 Å². The normalized spacial score (nSPS) is 14.0. The molecule has 8 aromatic carbocycles. The van der Waals surface area contributed by atoms with Crippen LogP contribution in [0.15, 0.2) is 170 Å². The Labute approximate surface area is 272 Å². The van der Waals surface area contributed by atoms with Gasteiger partial charge in [0.1, 0.15) is 5.82 Å². The second kappa shape index (κ2) is 10.3. The van der Waals surface area contributed by atoms with Crippen LogP contribution in [0.4, 0.5) is 0 Å². The number of para-hydroxylation sites is 3. The lowest BCUT2D eigenvalue weighted by molar-refractivity contribution is 1.10. The number of fused-ring (bicyclic) bond motifs is 4. The summed E-state index contributed by atoms with van der Waals surface area (Å²) in [7, 11) is 0. The maximum Gasteiger partial charge on any atom is 0.145 e. The summed E-state index contributed by atoms with van der Waals surface area (Å²) in [5.41, 5.74) is 5.24. The van der Waals surface area contributed by atoms with Gasteiger partial charge in [-0.25, -0.2) is 4.98 Å². The predicted octanol–water partition coefficient (Wildman–Crippen LogP) is 11.5. The fourth-order valence-corrected chi connectivity index (χ4v) is 6.39. The van der Waals surface area contributed by atoms with Gasteiger partial charge in [-0.2, -0.15) is 0 Å². The van der Waals surface area contributed by atoms with E-state index in [0.29, 0.717) is 28.1 Å². The van der Waals surface area contributed by atoms with Crippen LogP contribution >= 0.6 is 0 Å². The Morgan fingerprint density at radius 3 is 1.69 bits per heavy atom. The molecule has 0 N–H and O–H groups in total. The van der Waals surface area contributed by atoms with E-state index in [0.717, 1.165) is 33.1 Å². The van der Waals surface area contributed by atoms with Gasteiger partial charge in [-0.05, 0) is 84.9 Å². The van der Waals surface area contributed by atoms with E-state index in [1.807, 2.05) is 121 Å². The number of hydrogen-bond donors (Lipinski definition) is 0.